The standard InChI is InChI=1S/C32H39NO3SSi/c1-31(2,3)38(4,5)36-27-11-10-25(16-26(27)32-17-21-12-22(18-32)14-23(13-21)19-32)24-8-6-20(7-9-24)15-28-29(34)33-30(35)37-28/h6-11,15-16,21-23H,12-14,17-19H2,1-5H3,(H,33,34,35). The average Bonchev–Trinajstić information content (AvgIpc) is 3.14. The molecule has 1 N–H and O–H groups in total. The van der Waals surface area contributed by atoms with Crippen molar-refractivity contribution in [3.8, 4) is 16.9 Å². The molecule has 5 aliphatic rings. The van der Waals surface area contributed by atoms with Crippen LogP contribution >= 0.6 is 11.8 Å². The molecule has 4 bridgehead atoms. The maximum Gasteiger partial charge on any atom is 0.290 e. The molecule has 0 radical (unpaired) electrons. The number of carbonyl (C=O) groups is 2. The monoisotopic (exact) mass is 545 g/mol. The molecule has 2 aromatic carbocycles. The average molecular weight is 546 g/mol. The Kier molecular flexibility index (Phi) is 6.23. The zero-order valence-electron chi connectivity index (χ0n) is 23.2. The summed E-state index contributed by atoms with van der Waals surface area (Å²) in [5.41, 5.74) is 4.99. The highest BCUT2D eigenvalue weighted by Crippen LogP contribution is 2.62. The van der Waals surface area contributed by atoms with Gasteiger partial charge in [0.2, 0.25) is 8.32 Å². The zero-order valence-corrected chi connectivity index (χ0v) is 25.0. The molecule has 0 aromatic heterocycles. The molecular formula is C32H39NO3SSi. The van der Waals surface area contributed by atoms with E-state index in [1.807, 2.05) is 12.1 Å². The number of hydrogen-bond donors (Lipinski definition) is 1. The van der Waals surface area contributed by atoms with Crippen molar-refractivity contribution >= 4 is 37.3 Å². The van der Waals surface area contributed by atoms with Crippen LogP contribution in [0, 0.1) is 17.8 Å². The molecule has 6 heteroatoms. The first-order chi connectivity index (χ1) is 17.9. The minimum atomic E-state index is -1.99. The van der Waals surface area contributed by atoms with Gasteiger partial charge in [0.05, 0.1) is 4.91 Å². The molecule has 0 atom stereocenters. The molecule has 4 aliphatic carbocycles. The molecule has 4 nitrogen and oxygen atoms in total. The maximum atomic E-state index is 11.9. The van der Waals surface area contributed by atoms with Gasteiger partial charge in [0.25, 0.3) is 11.1 Å². The molecule has 0 unspecified atom stereocenters. The number of carbonyl (C=O) groups excluding carboxylic acids is 2. The number of hydrogen-bond acceptors (Lipinski definition) is 4. The fourth-order valence-electron chi connectivity index (χ4n) is 7.43. The summed E-state index contributed by atoms with van der Waals surface area (Å²) in [5.74, 6) is 3.42. The van der Waals surface area contributed by atoms with E-state index in [1.165, 1.54) is 49.7 Å². The van der Waals surface area contributed by atoms with Gasteiger partial charge in [0, 0.05) is 0 Å². The fourth-order valence-corrected chi connectivity index (χ4v) is 9.14. The van der Waals surface area contributed by atoms with Gasteiger partial charge in [-0.15, -0.1) is 0 Å². The van der Waals surface area contributed by atoms with Crippen molar-refractivity contribution in [1.82, 2.24) is 5.32 Å². The molecule has 1 saturated heterocycles. The van der Waals surface area contributed by atoms with Crippen LogP contribution in [0.1, 0.15) is 70.4 Å². The highest BCUT2D eigenvalue weighted by Gasteiger charge is 2.53. The number of amides is 2. The summed E-state index contributed by atoms with van der Waals surface area (Å²) in [5, 5.41) is 2.16. The molecule has 1 aliphatic heterocycles. The maximum absolute atomic E-state index is 11.9. The Labute approximate surface area is 232 Å². The second-order valence-corrected chi connectivity index (χ2v) is 19.5. The first kappa shape index (κ1) is 25.9. The van der Waals surface area contributed by atoms with Crippen LogP contribution in [0.2, 0.25) is 18.1 Å². The number of nitrogens with one attached hydrogen (secondary N) is 1. The van der Waals surface area contributed by atoms with Crippen LogP contribution in [0.25, 0.3) is 17.2 Å². The van der Waals surface area contributed by atoms with Crippen molar-refractivity contribution in [1.29, 1.82) is 0 Å². The van der Waals surface area contributed by atoms with E-state index < -0.39 is 8.32 Å². The van der Waals surface area contributed by atoms with Crippen LogP contribution in [0.4, 0.5) is 4.79 Å². The summed E-state index contributed by atoms with van der Waals surface area (Å²) in [6.07, 6.45) is 9.98. The van der Waals surface area contributed by atoms with Gasteiger partial charge >= 0.3 is 0 Å². The molecule has 2 amide bonds. The van der Waals surface area contributed by atoms with Crippen molar-refractivity contribution in [2.75, 3.05) is 0 Å². The summed E-state index contributed by atoms with van der Waals surface area (Å²) in [6.45, 7) is 11.7. The Balaban J connectivity index is 1.37. The molecular weight excluding hydrogens is 507 g/mol. The van der Waals surface area contributed by atoms with E-state index in [0.717, 1.165) is 46.4 Å². The highest BCUT2D eigenvalue weighted by molar-refractivity contribution is 8.18. The van der Waals surface area contributed by atoms with Crippen molar-refractivity contribution < 1.29 is 14.0 Å². The Morgan fingerprint density at radius 2 is 1.50 bits per heavy atom. The predicted molar refractivity (Wildman–Crippen MR) is 159 cm³/mol. The Morgan fingerprint density at radius 1 is 0.921 bits per heavy atom. The van der Waals surface area contributed by atoms with Gasteiger partial charge in [-0.05, 0) is 132 Å². The largest absolute Gasteiger partial charge is 0.543 e. The Hall–Kier alpha value is -2.31. The van der Waals surface area contributed by atoms with Crippen LogP contribution in [0.5, 0.6) is 5.75 Å². The summed E-state index contributed by atoms with van der Waals surface area (Å²) in [7, 11) is -1.99. The minimum absolute atomic E-state index is 0.147. The van der Waals surface area contributed by atoms with E-state index in [0.29, 0.717) is 4.91 Å². The highest BCUT2D eigenvalue weighted by atomic mass is 32.2. The molecule has 7 rings (SSSR count). The lowest BCUT2D eigenvalue weighted by Crippen LogP contribution is -2.49. The van der Waals surface area contributed by atoms with Crippen molar-refractivity contribution in [3.05, 3.63) is 58.5 Å². The number of benzene rings is 2. The number of thioether (sulfide) groups is 1. The van der Waals surface area contributed by atoms with Gasteiger partial charge in [0.1, 0.15) is 5.75 Å². The first-order valence-electron chi connectivity index (χ1n) is 14.1. The molecule has 4 saturated carbocycles. The van der Waals surface area contributed by atoms with Crippen molar-refractivity contribution in [2.24, 2.45) is 17.8 Å². The van der Waals surface area contributed by atoms with Gasteiger partial charge in [0.15, 0.2) is 0 Å². The predicted octanol–water partition coefficient (Wildman–Crippen LogP) is 8.53. The number of rotatable bonds is 5. The lowest BCUT2D eigenvalue weighted by Gasteiger charge is -2.57. The summed E-state index contributed by atoms with van der Waals surface area (Å²) >= 11 is 0.957. The summed E-state index contributed by atoms with van der Waals surface area (Å²) < 4.78 is 7.05. The topological polar surface area (TPSA) is 55.4 Å². The minimum Gasteiger partial charge on any atom is -0.543 e. The van der Waals surface area contributed by atoms with E-state index in [-0.39, 0.29) is 21.6 Å². The van der Waals surface area contributed by atoms with Gasteiger partial charge in [-0.1, -0.05) is 51.1 Å². The van der Waals surface area contributed by atoms with Gasteiger partial charge in [-0.3, -0.25) is 14.9 Å². The van der Waals surface area contributed by atoms with Crippen LogP contribution in [0.15, 0.2) is 47.4 Å². The van der Waals surface area contributed by atoms with E-state index in [1.54, 1.807) is 6.08 Å². The zero-order chi connectivity index (χ0) is 26.9. The van der Waals surface area contributed by atoms with Crippen LogP contribution < -0.4 is 9.74 Å². The quantitative estimate of drug-likeness (QED) is 0.302. The third-order valence-electron chi connectivity index (χ3n) is 9.94. The van der Waals surface area contributed by atoms with Crippen molar-refractivity contribution in [2.45, 2.75) is 82.8 Å². The molecule has 0 spiro atoms. The molecule has 200 valence electrons. The Morgan fingerprint density at radius 3 is 2.03 bits per heavy atom. The number of imide groups is 1. The third kappa shape index (κ3) is 4.68. The van der Waals surface area contributed by atoms with Gasteiger partial charge in [-0.2, -0.15) is 0 Å². The Bertz CT molecular complexity index is 1290. The van der Waals surface area contributed by atoms with E-state index in [4.69, 9.17) is 4.43 Å². The van der Waals surface area contributed by atoms with Crippen molar-refractivity contribution in [3.63, 3.8) is 0 Å². The second-order valence-electron chi connectivity index (χ2n) is 13.7. The van der Waals surface area contributed by atoms with Gasteiger partial charge in [-0.25, -0.2) is 0 Å². The van der Waals surface area contributed by atoms with Crippen LogP contribution in [-0.4, -0.2) is 19.5 Å². The van der Waals surface area contributed by atoms with E-state index in [2.05, 4.69) is 69.5 Å². The van der Waals surface area contributed by atoms with Gasteiger partial charge < -0.3 is 4.43 Å². The lowest BCUT2D eigenvalue weighted by molar-refractivity contribution is -0.115. The summed E-state index contributed by atoms with van der Waals surface area (Å²) in [4.78, 5) is 23.9. The SMILES string of the molecule is CC(C)(C)[Si](C)(C)Oc1ccc(-c2ccc(C=C3SC(=O)NC3=O)cc2)cc1C12CC3CC(CC(C3)C1)C2. The smallest absolute Gasteiger partial charge is 0.290 e. The molecule has 2 aromatic rings. The molecule has 5 fully saturated rings. The van der Waals surface area contributed by atoms with Crippen LogP contribution in [0.3, 0.4) is 0 Å². The normalized spacial score (nSPS) is 29.7. The fraction of sp³-hybridized carbons (Fsp3) is 0.500. The first-order valence-corrected chi connectivity index (χ1v) is 17.8. The van der Waals surface area contributed by atoms with Crippen LogP contribution in [-0.2, 0) is 10.2 Å². The second kappa shape index (κ2) is 9.12. The molecule has 38 heavy (non-hydrogen) atoms. The molecule has 1 heterocycles. The third-order valence-corrected chi connectivity index (χ3v) is 15.1. The lowest BCUT2D eigenvalue weighted by atomic mass is 9.48. The summed E-state index contributed by atoms with van der Waals surface area (Å²) in [6, 6.07) is 15.2. The van der Waals surface area contributed by atoms with E-state index in [9.17, 15) is 9.59 Å². The van der Waals surface area contributed by atoms with E-state index >= 15 is 0 Å².